The van der Waals surface area contributed by atoms with E-state index in [-0.39, 0.29) is 12.5 Å². The maximum absolute atomic E-state index is 11.7. The molecule has 1 saturated carbocycles. The molecule has 0 bridgehead atoms. The Morgan fingerprint density at radius 3 is 2.55 bits per heavy atom. The lowest BCUT2D eigenvalue weighted by molar-refractivity contribution is -0.122. The van der Waals surface area contributed by atoms with Crippen LogP contribution in [0.3, 0.4) is 0 Å². The maximum atomic E-state index is 11.7. The Morgan fingerprint density at radius 2 is 1.86 bits per heavy atom. The van der Waals surface area contributed by atoms with Gasteiger partial charge in [0, 0.05) is 17.5 Å². The van der Waals surface area contributed by atoms with Gasteiger partial charge in [0.25, 0.3) is 5.91 Å². The minimum atomic E-state index is -0.0694. The zero-order valence-electron chi connectivity index (χ0n) is 13.2. The van der Waals surface area contributed by atoms with Crippen LogP contribution >= 0.6 is 11.8 Å². The van der Waals surface area contributed by atoms with Crippen molar-refractivity contribution in [2.45, 2.75) is 37.4 Å². The van der Waals surface area contributed by atoms with Gasteiger partial charge in [0.1, 0.15) is 11.5 Å². The summed E-state index contributed by atoms with van der Waals surface area (Å²) < 4.78 is 10.5. The van der Waals surface area contributed by atoms with Crippen LogP contribution in [0.1, 0.15) is 32.1 Å². The second-order valence-electron chi connectivity index (χ2n) is 5.44. The second-order valence-corrected chi connectivity index (χ2v) is 6.85. The molecule has 1 amide bonds. The number of hydrogen-bond acceptors (Lipinski definition) is 4. The maximum Gasteiger partial charge on any atom is 0.257 e. The molecule has 0 aromatic heterocycles. The van der Waals surface area contributed by atoms with E-state index >= 15 is 0 Å². The van der Waals surface area contributed by atoms with Gasteiger partial charge in [0.05, 0.1) is 7.11 Å². The third kappa shape index (κ3) is 6.18. The summed E-state index contributed by atoms with van der Waals surface area (Å²) in [6.07, 6.45) is 6.77. The molecule has 122 valence electrons. The smallest absolute Gasteiger partial charge is 0.257 e. The van der Waals surface area contributed by atoms with Gasteiger partial charge in [-0.1, -0.05) is 19.3 Å². The fourth-order valence-electron chi connectivity index (χ4n) is 2.52. The summed E-state index contributed by atoms with van der Waals surface area (Å²) in [5.41, 5.74) is 0. The molecule has 1 aliphatic rings. The summed E-state index contributed by atoms with van der Waals surface area (Å²) >= 11 is 1.99. The Morgan fingerprint density at radius 1 is 1.18 bits per heavy atom. The molecule has 5 heteroatoms. The van der Waals surface area contributed by atoms with Crippen molar-refractivity contribution >= 4 is 17.7 Å². The molecule has 4 nitrogen and oxygen atoms in total. The average Bonchev–Trinajstić information content (AvgIpc) is 2.58. The lowest BCUT2D eigenvalue weighted by Gasteiger charge is -2.20. The van der Waals surface area contributed by atoms with E-state index in [1.165, 1.54) is 32.1 Å². The number of benzene rings is 1. The number of thioether (sulfide) groups is 1. The minimum Gasteiger partial charge on any atom is -0.497 e. The molecule has 1 fully saturated rings. The van der Waals surface area contributed by atoms with Gasteiger partial charge in [-0.25, -0.2) is 0 Å². The van der Waals surface area contributed by atoms with E-state index in [4.69, 9.17) is 9.47 Å². The fraction of sp³-hybridized carbons (Fsp3) is 0.588. The van der Waals surface area contributed by atoms with Gasteiger partial charge in [-0.15, -0.1) is 0 Å². The molecule has 1 aromatic rings. The van der Waals surface area contributed by atoms with Crippen molar-refractivity contribution in [1.82, 2.24) is 5.32 Å². The van der Waals surface area contributed by atoms with Crippen LogP contribution in [0.5, 0.6) is 11.5 Å². The predicted molar refractivity (Wildman–Crippen MR) is 90.8 cm³/mol. The summed E-state index contributed by atoms with van der Waals surface area (Å²) in [6.45, 7) is 0.770. The number of carbonyl (C=O) groups is 1. The molecule has 2 rings (SSSR count). The van der Waals surface area contributed by atoms with Crippen LogP contribution < -0.4 is 14.8 Å². The van der Waals surface area contributed by atoms with Crippen molar-refractivity contribution in [2.75, 3.05) is 26.0 Å². The zero-order chi connectivity index (χ0) is 15.6. The van der Waals surface area contributed by atoms with E-state index < -0.39 is 0 Å². The molecule has 1 aromatic carbocycles. The van der Waals surface area contributed by atoms with Crippen LogP contribution in [0.25, 0.3) is 0 Å². The van der Waals surface area contributed by atoms with Crippen molar-refractivity contribution in [3.63, 3.8) is 0 Å². The normalized spacial score (nSPS) is 15.3. The first-order valence-corrected chi connectivity index (χ1v) is 8.98. The lowest BCUT2D eigenvalue weighted by atomic mass is 10.0. The Hall–Kier alpha value is -1.36. The molecular formula is C17H25NO3S. The lowest BCUT2D eigenvalue weighted by Crippen LogP contribution is -2.31. The molecule has 1 aliphatic carbocycles. The van der Waals surface area contributed by atoms with Gasteiger partial charge < -0.3 is 14.8 Å². The minimum absolute atomic E-state index is 0.0560. The van der Waals surface area contributed by atoms with Crippen LogP contribution in [0.15, 0.2) is 24.3 Å². The summed E-state index contributed by atoms with van der Waals surface area (Å²) in [7, 11) is 1.62. The topological polar surface area (TPSA) is 47.6 Å². The van der Waals surface area contributed by atoms with Crippen molar-refractivity contribution in [3.8, 4) is 11.5 Å². The first-order chi connectivity index (χ1) is 10.8. The van der Waals surface area contributed by atoms with E-state index in [1.807, 2.05) is 23.9 Å². The summed E-state index contributed by atoms with van der Waals surface area (Å²) in [4.78, 5) is 11.7. The molecule has 0 radical (unpaired) electrons. The van der Waals surface area contributed by atoms with Crippen molar-refractivity contribution in [1.29, 1.82) is 0 Å². The van der Waals surface area contributed by atoms with Crippen molar-refractivity contribution < 1.29 is 14.3 Å². The Kier molecular flexibility index (Phi) is 7.43. The van der Waals surface area contributed by atoms with E-state index in [0.717, 1.165) is 16.8 Å². The van der Waals surface area contributed by atoms with Crippen LogP contribution in [-0.4, -0.2) is 37.2 Å². The Balaban J connectivity index is 1.55. The molecule has 0 unspecified atom stereocenters. The molecule has 0 aliphatic heterocycles. The fourth-order valence-corrected chi connectivity index (χ4v) is 3.74. The first-order valence-electron chi connectivity index (χ1n) is 7.93. The Labute approximate surface area is 137 Å². The molecule has 0 heterocycles. The molecular weight excluding hydrogens is 298 g/mol. The van der Waals surface area contributed by atoms with Crippen LogP contribution in [0.2, 0.25) is 0 Å². The number of rotatable bonds is 8. The second kappa shape index (κ2) is 9.62. The molecule has 0 saturated heterocycles. The summed E-state index contributed by atoms with van der Waals surface area (Å²) in [5, 5.41) is 3.70. The number of carbonyl (C=O) groups excluding carboxylic acids is 1. The molecule has 22 heavy (non-hydrogen) atoms. The molecule has 0 atom stereocenters. The van der Waals surface area contributed by atoms with E-state index in [2.05, 4.69) is 5.32 Å². The van der Waals surface area contributed by atoms with Crippen LogP contribution in [0, 0.1) is 0 Å². The highest BCUT2D eigenvalue weighted by Gasteiger charge is 2.13. The standard InChI is InChI=1S/C17H25NO3S/c1-20-14-7-9-15(10-8-14)21-13-17(19)18-11-12-22-16-5-3-2-4-6-16/h7-10,16H,2-6,11-13H2,1H3,(H,18,19). The highest BCUT2D eigenvalue weighted by atomic mass is 32.2. The SMILES string of the molecule is COc1ccc(OCC(=O)NCCSC2CCCCC2)cc1. The van der Waals surface area contributed by atoms with E-state index in [1.54, 1.807) is 19.2 Å². The summed E-state index contributed by atoms with van der Waals surface area (Å²) in [5.74, 6) is 2.36. The zero-order valence-corrected chi connectivity index (χ0v) is 14.0. The highest BCUT2D eigenvalue weighted by Crippen LogP contribution is 2.27. The van der Waals surface area contributed by atoms with Gasteiger partial charge in [-0.2, -0.15) is 11.8 Å². The summed E-state index contributed by atoms with van der Waals surface area (Å²) in [6, 6.07) is 7.22. The van der Waals surface area contributed by atoms with Crippen LogP contribution in [0.4, 0.5) is 0 Å². The van der Waals surface area contributed by atoms with E-state index in [0.29, 0.717) is 12.3 Å². The number of ether oxygens (including phenoxy) is 2. The van der Waals surface area contributed by atoms with Gasteiger partial charge in [0.15, 0.2) is 6.61 Å². The highest BCUT2D eigenvalue weighted by molar-refractivity contribution is 7.99. The van der Waals surface area contributed by atoms with Crippen LogP contribution in [-0.2, 0) is 4.79 Å². The number of nitrogens with one attached hydrogen (secondary N) is 1. The number of methoxy groups -OCH3 is 1. The van der Waals surface area contributed by atoms with E-state index in [9.17, 15) is 4.79 Å². The van der Waals surface area contributed by atoms with Crippen molar-refractivity contribution in [3.05, 3.63) is 24.3 Å². The van der Waals surface area contributed by atoms with Gasteiger partial charge in [-0.3, -0.25) is 4.79 Å². The third-order valence-corrected chi connectivity index (χ3v) is 5.14. The predicted octanol–water partition coefficient (Wildman–Crippen LogP) is 3.26. The molecule has 0 spiro atoms. The largest absolute Gasteiger partial charge is 0.497 e. The molecule has 1 N–H and O–H groups in total. The number of amides is 1. The first kappa shape index (κ1) is 17.0. The Bertz CT molecular complexity index is 444. The quantitative estimate of drug-likeness (QED) is 0.746. The average molecular weight is 323 g/mol. The third-order valence-electron chi connectivity index (χ3n) is 3.76. The van der Waals surface area contributed by atoms with Gasteiger partial charge in [-0.05, 0) is 37.1 Å². The number of hydrogen-bond donors (Lipinski definition) is 1. The van der Waals surface area contributed by atoms with Gasteiger partial charge in [0.2, 0.25) is 0 Å². The van der Waals surface area contributed by atoms with Gasteiger partial charge >= 0.3 is 0 Å². The monoisotopic (exact) mass is 323 g/mol. The van der Waals surface area contributed by atoms with Crippen molar-refractivity contribution in [2.24, 2.45) is 0 Å².